The molecule has 5 heteroatoms. The van der Waals surface area contributed by atoms with Crippen LogP contribution < -0.4 is 0 Å². The molecule has 0 N–H and O–H groups in total. The zero-order chi connectivity index (χ0) is 16.6. The molecule has 3 saturated heterocycles. The highest BCUT2D eigenvalue weighted by Crippen LogP contribution is 2.45. The van der Waals surface area contributed by atoms with E-state index in [4.69, 9.17) is 0 Å². The van der Waals surface area contributed by atoms with Gasteiger partial charge in [0.05, 0.1) is 5.41 Å². The van der Waals surface area contributed by atoms with Gasteiger partial charge in [0.2, 0.25) is 11.8 Å². The van der Waals surface area contributed by atoms with Gasteiger partial charge in [-0.3, -0.25) is 9.59 Å². The van der Waals surface area contributed by atoms with E-state index in [0.717, 1.165) is 64.8 Å². The van der Waals surface area contributed by atoms with Crippen molar-refractivity contribution in [2.24, 2.45) is 11.3 Å². The molecule has 3 fully saturated rings. The summed E-state index contributed by atoms with van der Waals surface area (Å²) in [4.78, 5) is 32.2. The van der Waals surface area contributed by atoms with Crippen molar-refractivity contribution in [3.05, 3.63) is 0 Å². The minimum atomic E-state index is -0.259. The van der Waals surface area contributed by atoms with Gasteiger partial charge in [0, 0.05) is 38.1 Å². The van der Waals surface area contributed by atoms with E-state index in [9.17, 15) is 9.59 Å². The van der Waals surface area contributed by atoms with E-state index in [1.54, 1.807) is 0 Å². The molecule has 3 aliphatic heterocycles. The van der Waals surface area contributed by atoms with Gasteiger partial charge in [-0.25, -0.2) is 0 Å². The molecule has 3 aliphatic rings. The summed E-state index contributed by atoms with van der Waals surface area (Å²) in [7, 11) is 2.14. The summed E-state index contributed by atoms with van der Waals surface area (Å²) in [5, 5.41) is 0. The summed E-state index contributed by atoms with van der Waals surface area (Å²) < 4.78 is 0. The summed E-state index contributed by atoms with van der Waals surface area (Å²) in [6, 6.07) is 0.292. The van der Waals surface area contributed by atoms with Crippen molar-refractivity contribution in [1.29, 1.82) is 0 Å². The van der Waals surface area contributed by atoms with Crippen LogP contribution >= 0.6 is 0 Å². The lowest BCUT2D eigenvalue weighted by Crippen LogP contribution is -2.49. The number of fused-ring (bicyclic) bond motifs is 1. The molecule has 0 bridgehead atoms. The van der Waals surface area contributed by atoms with Crippen molar-refractivity contribution in [1.82, 2.24) is 14.7 Å². The van der Waals surface area contributed by atoms with Crippen molar-refractivity contribution in [2.75, 3.05) is 39.8 Å². The van der Waals surface area contributed by atoms with Gasteiger partial charge in [-0.05, 0) is 45.7 Å². The molecule has 2 atom stereocenters. The second-order valence-electron chi connectivity index (χ2n) is 7.92. The number of carbonyl (C=O) groups excluding carboxylic acids is 2. The van der Waals surface area contributed by atoms with Crippen LogP contribution in [0.2, 0.25) is 0 Å². The van der Waals surface area contributed by atoms with Crippen LogP contribution in [-0.4, -0.2) is 72.3 Å². The van der Waals surface area contributed by atoms with Crippen LogP contribution in [0, 0.1) is 11.3 Å². The first-order chi connectivity index (χ1) is 11.0. The van der Waals surface area contributed by atoms with Crippen LogP contribution in [-0.2, 0) is 9.59 Å². The quantitative estimate of drug-likeness (QED) is 0.775. The topological polar surface area (TPSA) is 43.9 Å². The van der Waals surface area contributed by atoms with Gasteiger partial charge in [0.25, 0.3) is 0 Å². The Balaban J connectivity index is 1.81. The van der Waals surface area contributed by atoms with Crippen molar-refractivity contribution >= 4 is 11.8 Å². The zero-order valence-corrected chi connectivity index (χ0v) is 14.9. The zero-order valence-electron chi connectivity index (χ0n) is 14.9. The maximum Gasteiger partial charge on any atom is 0.230 e. The van der Waals surface area contributed by atoms with E-state index in [2.05, 4.69) is 16.8 Å². The maximum atomic E-state index is 13.3. The molecule has 5 nitrogen and oxygen atoms in total. The number of rotatable bonds is 2. The van der Waals surface area contributed by atoms with E-state index in [0.29, 0.717) is 11.9 Å². The fourth-order valence-electron chi connectivity index (χ4n) is 4.81. The minimum Gasteiger partial charge on any atom is -0.342 e. The average Bonchev–Trinajstić information content (AvgIpc) is 3.11. The highest BCUT2D eigenvalue weighted by atomic mass is 16.2. The number of nitrogens with zero attached hydrogens (tertiary/aromatic N) is 3. The van der Waals surface area contributed by atoms with Crippen LogP contribution in [0.15, 0.2) is 0 Å². The van der Waals surface area contributed by atoms with Crippen molar-refractivity contribution in [3.63, 3.8) is 0 Å². The lowest BCUT2D eigenvalue weighted by Gasteiger charge is -2.37. The summed E-state index contributed by atoms with van der Waals surface area (Å²) >= 11 is 0. The molecule has 0 unspecified atom stereocenters. The molecule has 130 valence electrons. The standard InChI is InChI=1S/C18H31N3O2/c1-14(2)16(22)20-11-6-15-18(8-13-20,7-12-19(15)3)17(23)21-9-4-5-10-21/h14-15H,4-13H2,1-3H3/t15-,18-/m0/s1. The molecular weight excluding hydrogens is 290 g/mol. The normalized spacial score (nSPS) is 32.3. The number of amides is 2. The second-order valence-corrected chi connectivity index (χ2v) is 7.92. The smallest absolute Gasteiger partial charge is 0.230 e. The van der Waals surface area contributed by atoms with Crippen LogP contribution in [0.25, 0.3) is 0 Å². The van der Waals surface area contributed by atoms with Crippen LogP contribution in [0.3, 0.4) is 0 Å². The molecule has 2 amide bonds. The molecule has 0 aliphatic carbocycles. The van der Waals surface area contributed by atoms with E-state index in [1.165, 1.54) is 0 Å². The Morgan fingerprint density at radius 3 is 2.26 bits per heavy atom. The first kappa shape index (κ1) is 16.7. The molecule has 0 spiro atoms. The summed E-state index contributed by atoms with van der Waals surface area (Å²) in [6.45, 7) is 8.30. The molecule has 0 aromatic carbocycles. The molecule has 3 rings (SSSR count). The lowest BCUT2D eigenvalue weighted by atomic mass is 9.75. The van der Waals surface area contributed by atoms with Gasteiger partial charge in [-0.15, -0.1) is 0 Å². The van der Waals surface area contributed by atoms with Crippen molar-refractivity contribution in [3.8, 4) is 0 Å². The largest absolute Gasteiger partial charge is 0.342 e. The predicted octanol–water partition coefficient (Wildman–Crippen LogP) is 1.58. The van der Waals surface area contributed by atoms with Gasteiger partial charge in [-0.2, -0.15) is 0 Å². The van der Waals surface area contributed by atoms with Crippen LogP contribution in [0.4, 0.5) is 0 Å². The summed E-state index contributed by atoms with van der Waals surface area (Å²) in [5.74, 6) is 0.635. The van der Waals surface area contributed by atoms with Gasteiger partial charge in [0.15, 0.2) is 0 Å². The Bertz CT molecular complexity index is 473. The molecule has 0 radical (unpaired) electrons. The summed E-state index contributed by atoms with van der Waals surface area (Å²) in [6.07, 6.45) is 4.98. The monoisotopic (exact) mass is 321 g/mol. The van der Waals surface area contributed by atoms with E-state index >= 15 is 0 Å². The molecule has 0 aromatic heterocycles. The predicted molar refractivity (Wildman–Crippen MR) is 89.9 cm³/mol. The first-order valence-corrected chi connectivity index (χ1v) is 9.24. The number of hydrogen-bond acceptors (Lipinski definition) is 3. The number of likely N-dealkylation sites (tertiary alicyclic amines) is 3. The molecule has 0 aromatic rings. The fraction of sp³-hybridized carbons (Fsp3) is 0.889. The van der Waals surface area contributed by atoms with Gasteiger partial charge < -0.3 is 14.7 Å². The lowest BCUT2D eigenvalue weighted by molar-refractivity contribution is -0.143. The van der Waals surface area contributed by atoms with E-state index < -0.39 is 0 Å². The van der Waals surface area contributed by atoms with E-state index in [1.807, 2.05) is 18.7 Å². The Labute approximate surface area is 140 Å². The Morgan fingerprint density at radius 2 is 1.61 bits per heavy atom. The Kier molecular flexibility index (Phi) is 4.68. The van der Waals surface area contributed by atoms with Gasteiger partial charge in [-0.1, -0.05) is 13.8 Å². The third-order valence-electron chi connectivity index (χ3n) is 6.21. The van der Waals surface area contributed by atoms with Crippen LogP contribution in [0.1, 0.15) is 46.0 Å². The van der Waals surface area contributed by atoms with Crippen molar-refractivity contribution < 1.29 is 9.59 Å². The van der Waals surface area contributed by atoms with Crippen LogP contribution in [0.5, 0.6) is 0 Å². The number of hydrogen-bond donors (Lipinski definition) is 0. The van der Waals surface area contributed by atoms with Gasteiger partial charge in [0.1, 0.15) is 0 Å². The fourth-order valence-corrected chi connectivity index (χ4v) is 4.81. The maximum absolute atomic E-state index is 13.3. The molecule has 0 saturated carbocycles. The molecule has 23 heavy (non-hydrogen) atoms. The minimum absolute atomic E-state index is 0.0379. The Morgan fingerprint density at radius 1 is 0.957 bits per heavy atom. The number of carbonyl (C=O) groups is 2. The SMILES string of the molecule is CC(C)C(=O)N1CC[C@@H]2N(C)CC[C@]2(C(=O)N2CCCC2)CC1. The highest BCUT2D eigenvalue weighted by Gasteiger charge is 2.54. The average molecular weight is 321 g/mol. The summed E-state index contributed by atoms with van der Waals surface area (Å²) in [5.41, 5.74) is -0.259. The first-order valence-electron chi connectivity index (χ1n) is 9.24. The van der Waals surface area contributed by atoms with E-state index in [-0.39, 0.29) is 17.2 Å². The molecular formula is C18H31N3O2. The van der Waals surface area contributed by atoms with Crippen molar-refractivity contribution in [2.45, 2.75) is 52.0 Å². The Hall–Kier alpha value is -1.10. The third-order valence-corrected chi connectivity index (χ3v) is 6.21. The third kappa shape index (κ3) is 2.88. The molecule has 3 heterocycles. The highest BCUT2D eigenvalue weighted by molar-refractivity contribution is 5.85. The van der Waals surface area contributed by atoms with Gasteiger partial charge >= 0.3 is 0 Å². The second kappa shape index (κ2) is 6.42.